The fraction of sp³-hybridized carbons (Fsp3) is 0.333. The van der Waals surface area contributed by atoms with Crippen molar-refractivity contribution in [3.8, 4) is 0 Å². The third-order valence-electron chi connectivity index (χ3n) is 0.798. The molecule has 0 aromatic heterocycles. The van der Waals surface area contributed by atoms with E-state index in [9.17, 15) is 0 Å². The summed E-state index contributed by atoms with van der Waals surface area (Å²) in [7, 11) is 3.15. The van der Waals surface area contributed by atoms with E-state index in [4.69, 9.17) is 4.74 Å². The van der Waals surface area contributed by atoms with Gasteiger partial charge in [-0.1, -0.05) is 31.4 Å². The zero-order chi connectivity index (χ0) is 9.11. The number of hydrogen-bond donors (Lipinski definition) is 1. The molecule has 0 aromatic carbocycles. The largest absolute Gasteiger partial charge is 0.412 e. The highest BCUT2D eigenvalue weighted by Gasteiger charge is 1.81. The van der Waals surface area contributed by atoms with Crippen LogP contribution in [0.15, 0.2) is 37.0 Å². The lowest BCUT2D eigenvalue weighted by Gasteiger charge is -1.93. The Morgan fingerprint density at radius 3 is 2.33 bits per heavy atom. The molecule has 0 rings (SSSR count). The molecule has 0 aliphatic carbocycles. The Hall–Kier alpha value is -0.900. The molecule has 0 aliphatic rings. The minimum absolute atomic E-state index is 0. The van der Waals surface area contributed by atoms with Crippen LogP contribution >= 0.6 is 0 Å². The standard InChI is InChI=1S/C8H12O.CH5N.H2O/c1-4-5-6-8(2)7-9-3;1-2;/h4-6H,1-2,7H2,3H3;2H2,1H3;1H2/b6-5-;;. The van der Waals surface area contributed by atoms with Crippen molar-refractivity contribution in [1.29, 1.82) is 0 Å². The highest BCUT2D eigenvalue weighted by Crippen LogP contribution is 1.91. The van der Waals surface area contributed by atoms with Gasteiger partial charge in [-0.25, -0.2) is 0 Å². The molecule has 0 aliphatic heterocycles. The van der Waals surface area contributed by atoms with Crippen molar-refractivity contribution in [2.75, 3.05) is 20.8 Å². The van der Waals surface area contributed by atoms with Crippen molar-refractivity contribution in [2.24, 2.45) is 5.73 Å². The van der Waals surface area contributed by atoms with Gasteiger partial charge in [0.2, 0.25) is 0 Å². The molecule has 0 unspecified atom stereocenters. The smallest absolute Gasteiger partial charge is 0.0707 e. The zero-order valence-corrected chi connectivity index (χ0v) is 7.84. The summed E-state index contributed by atoms with van der Waals surface area (Å²) in [5.41, 5.74) is 5.46. The summed E-state index contributed by atoms with van der Waals surface area (Å²) in [6.45, 7) is 7.83. The Balaban J connectivity index is -0.000000249. The van der Waals surface area contributed by atoms with Crippen LogP contribution in [0.1, 0.15) is 0 Å². The lowest BCUT2D eigenvalue weighted by Crippen LogP contribution is -1.87. The lowest BCUT2D eigenvalue weighted by atomic mass is 10.3. The monoisotopic (exact) mass is 173 g/mol. The van der Waals surface area contributed by atoms with Gasteiger partial charge >= 0.3 is 0 Å². The third-order valence-corrected chi connectivity index (χ3v) is 0.798. The molecule has 4 N–H and O–H groups in total. The van der Waals surface area contributed by atoms with Crippen LogP contribution in [0.25, 0.3) is 0 Å². The van der Waals surface area contributed by atoms with Gasteiger partial charge in [0.15, 0.2) is 0 Å². The van der Waals surface area contributed by atoms with E-state index < -0.39 is 0 Å². The molecule has 0 bridgehead atoms. The van der Waals surface area contributed by atoms with E-state index in [0.717, 1.165) is 5.57 Å². The van der Waals surface area contributed by atoms with Crippen molar-refractivity contribution in [3.63, 3.8) is 0 Å². The summed E-state index contributed by atoms with van der Waals surface area (Å²) in [6.07, 6.45) is 5.42. The van der Waals surface area contributed by atoms with E-state index in [2.05, 4.69) is 18.9 Å². The molecule has 0 heterocycles. The van der Waals surface area contributed by atoms with E-state index in [1.54, 1.807) is 13.2 Å². The van der Waals surface area contributed by atoms with E-state index in [1.807, 2.05) is 12.2 Å². The Morgan fingerprint density at radius 2 is 2.00 bits per heavy atom. The molecular formula is C9H19NO2. The summed E-state index contributed by atoms with van der Waals surface area (Å²) < 4.78 is 4.82. The molecular weight excluding hydrogens is 154 g/mol. The summed E-state index contributed by atoms with van der Waals surface area (Å²) in [4.78, 5) is 0. The van der Waals surface area contributed by atoms with Crippen LogP contribution in [0.2, 0.25) is 0 Å². The summed E-state index contributed by atoms with van der Waals surface area (Å²) in [6, 6.07) is 0. The number of ether oxygens (including phenoxy) is 1. The maximum absolute atomic E-state index is 4.82. The van der Waals surface area contributed by atoms with Gasteiger partial charge in [0.25, 0.3) is 0 Å². The van der Waals surface area contributed by atoms with E-state index in [-0.39, 0.29) is 5.48 Å². The molecule has 0 saturated heterocycles. The van der Waals surface area contributed by atoms with Crippen LogP contribution in [0.3, 0.4) is 0 Å². The maximum atomic E-state index is 4.82. The number of nitrogens with two attached hydrogens (primary N) is 1. The molecule has 0 radical (unpaired) electrons. The maximum Gasteiger partial charge on any atom is 0.0707 e. The van der Waals surface area contributed by atoms with E-state index >= 15 is 0 Å². The van der Waals surface area contributed by atoms with Gasteiger partial charge < -0.3 is 15.9 Å². The second kappa shape index (κ2) is 16.6. The Labute approximate surface area is 74.5 Å². The summed E-state index contributed by atoms with van der Waals surface area (Å²) in [5, 5.41) is 0. The molecule has 72 valence electrons. The molecule has 3 heteroatoms. The van der Waals surface area contributed by atoms with Gasteiger partial charge in [-0.2, -0.15) is 0 Å². The van der Waals surface area contributed by atoms with E-state index in [0.29, 0.717) is 6.61 Å². The molecule has 0 amide bonds. The predicted octanol–water partition coefficient (Wildman–Crippen LogP) is 0.681. The van der Waals surface area contributed by atoms with Crippen molar-refractivity contribution in [3.05, 3.63) is 37.0 Å². The normalized spacial score (nSPS) is 7.92. The van der Waals surface area contributed by atoms with Crippen LogP contribution in [-0.2, 0) is 4.74 Å². The van der Waals surface area contributed by atoms with Crippen LogP contribution in [0, 0.1) is 0 Å². The Kier molecular flexibility index (Phi) is 23.9. The first kappa shape index (κ1) is 17.3. The zero-order valence-electron chi connectivity index (χ0n) is 7.84. The summed E-state index contributed by atoms with van der Waals surface area (Å²) in [5.74, 6) is 0. The van der Waals surface area contributed by atoms with Gasteiger partial charge in [-0.05, 0) is 12.6 Å². The fourth-order valence-corrected chi connectivity index (χ4v) is 0.438. The number of methoxy groups -OCH3 is 1. The van der Waals surface area contributed by atoms with Gasteiger partial charge in [-0.15, -0.1) is 0 Å². The quantitative estimate of drug-likeness (QED) is 0.635. The third kappa shape index (κ3) is 16.0. The Morgan fingerprint density at radius 1 is 1.50 bits per heavy atom. The molecule has 0 saturated carbocycles. The second-order valence-corrected chi connectivity index (χ2v) is 1.69. The van der Waals surface area contributed by atoms with Crippen LogP contribution < -0.4 is 5.73 Å². The number of hydrogen-bond acceptors (Lipinski definition) is 2. The topological polar surface area (TPSA) is 66.8 Å². The first-order chi connectivity index (χ1) is 5.31. The molecule has 0 aromatic rings. The minimum atomic E-state index is 0. The first-order valence-corrected chi connectivity index (χ1v) is 3.34. The lowest BCUT2D eigenvalue weighted by molar-refractivity contribution is 0.228. The highest BCUT2D eigenvalue weighted by atomic mass is 16.5. The van der Waals surface area contributed by atoms with E-state index in [1.165, 1.54) is 7.05 Å². The SMILES string of the molecule is C=C/C=C\C(=C)COC.CN.O. The molecule has 3 nitrogen and oxygen atoms in total. The van der Waals surface area contributed by atoms with Gasteiger partial charge in [0.1, 0.15) is 0 Å². The first-order valence-electron chi connectivity index (χ1n) is 3.34. The molecule has 12 heavy (non-hydrogen) atoms. The minimum Gasteiger partial charge on any atom is -0.412 e. The van der Waals surface area contributed by atoms with Crippen LogP contribution in [0.4, 0.5) is 0 Å². The van der Waals surface area contributed by atoms with Gasteiger partial charge in [0.05, 0.1) is 6.61 Å². The molecule has 0 fully saturated rings. The van der Waals surface area contributed by atoms with Crippen molar-refractivity contribution >= 4 is 0 Å². The average Bonchev–Trinajstić information content (AvgIpc) is 2.05. The Bertz CT molecular complexity index is 130. The van der Waals surface area contributed by atoms with Crippen LogP contribution in [0.5, 0.6) is 0 Å². The van der Waals surface area contributed by atoms with Crippen molar-refractivity contribution in [2.45, 2.75) is 0 Å². The average molecular weight is 173 g/mol. The number of allylic oxidation sites excluding steroid dienone is 2. The van der Waals surface area contributed by atoms with Crippen molar-refractivity contribution in [1.82, 2.24) is 0 Å². The molecule has 0 spiro atoms. The fourth-order valence-electron chi connectivity index (χ4n) is 0.438. The summed E-state index contributed by atoms with van der Waals surface area (Å²) >= 11 is 0. The van der Waals surface area contributed by atoms with Gasteiger partial charge in [0, 0.05) is 7.11 Å². The van der Waals surface area contributed by atoms with Gasteiger partial charge in [-0.3, -0.25) is 0 Å². The number of rotatable bonds is 4. The molecule has 0 atom stereocenters. The van der Waals surface area contributed by atoms with Crippen LogP contribution in [-0.4, -0.2) is 26.2 Å². The highest BCUT2D eigenvalue weighted by molar-refractivity contribution is 5.18. The second-order valence-electron chi connectivity index (χ2n) is 1.69. The van der Waals surface area contributed by atoms with Crippen molar-refractivity contribution < 1.29 is 10.2 Å². The predicted molar refractivity (Wildman–Crippen MR) is 54.1 cm³/mol.